The Morgan fingerprint density at radius 2 is 2.31 bits per heavy atom. The number of carbonyl (C=O) groups is 1. The molecule has 0 fully saturated rings. The van der Waals surface area contributed by atoms with Crippen LogP contribution in [0, 0.1) is 6.92 Å². The zero-order chi connectivity index (χ0) is 11.7. The summed E-state index contributed by atoms with van der Waals surface area (Å²) in [6.07, 6.45) is 0. The zero-order valence-corrected chi connectivity index (χ0v) is 10.4. The zero-order valence-electron chi connectivity index (χ0n) is 8.82. The Bertz CT molecular complexity index is 532. The van der Waals surface area contributed by atoms with Crippen LogP contribution in [0.25, 0.3) is 0 Å². The molecule has 4 nitrogen and oxygen atoms in total. The summed E-state index contributed by atoms with van der Waals surface area (Å²) in [6.45, 7) is 1.87. The normalized spacial score (nSPS) is 10.4. The SMILES string of the molecule is Cc1cc(NC(=O)c2ccc(Cl)s2)n(C)n1. The summed E-state index contributed by atoms with van der Waals surface area (Å²) < 4.78 is 2.23. The fourth-order valence-corrected chi connectivity index (χ4v) is 2.28. The molecule has 0 radical (unpaired) electrons. The van der Waals surface area contributed by atoms with Gasteiger partial charge in [0.1, 0.15) is 5.82 Å². The van der Waals surface area contributed by atoms with Crippen LogP contribution in [0.1, 0.15) is 15.4 Å². The lowest BCUT2D eigenvalue weighted by molar-refractivity contribution is 0.102. The van der Waals surface area contributed by atoms with Gasteiger partial charge in [0, 0.05) is 13.1 Å². The molecular formula is C10H10ClN3OS. The fraction of sp³-hybridized carbons (Fsp3) is 0.200. The highest BCUT2D eigenvalue weighted by Crippen LogP contribution is 2.22. The van der Waals surface area contributed by atoms with Crippen LogP contribution < -0.4 is 5.32 Å². The topological polar surface area (TPSA) is 46.9 Å². The van der Waals surface area contributed by atoms with Crippen LogP contribution in [-0.4, -0.2) is 15.7 Å². The molecule has 0 atom stereocenters. The maximum Gasteiger partial charge on any atom is 0.266 e. The average molecular weight is 256 g/mol. The standard InChI is InChI=1S/C10H10ClN3OS/c1-6-5-9(14(2)13-6)12-10(15)7-3-4-8(11)16-7/h3-5H,1-2H3,(H,12,15). The van der Waals surface area contributed by atoms with E-state index in [0.29, 0.717) is 15.0 Å². The number of hydrogen-bond donors (Lipinski definition) is 1. The molecule has 2 rings (SSSR count). The summed E-state index contributed by atoms with van der Waals surface area (Å²) >= 11 is 7.02. The lowest BCUT2D eigenvalue weighted by Crippen LogP contribution is -2.13. The highest BCUT2D eigenvalue weighted by atomic mass is 35.5. The minimum Gasteiger partial charge on any atom is -0.306 e. The van der Waals surface area contributed by atoms with E-state index in [9.17, 15) is 4.79 Å². The number of amides is 1. The molecule has 0 aromatic carbocycles. The number of anilines is 1. The number of nitrogens with one attached hydrogen (secondary N) is 1. The monoisotopic (exact) mass is 255 g/mol. The van der Waals surface area contributed by atoms with E-state index in [1.54, 1.807) is 23.9 Å². The number of nitrogens with zero attached hydrogens (tertiary/aromatic N) is 2. The van der Waals surface area contributed by atoms with Crippen LogP contribution >= 0.6 is 22.9 Å². The number of carbonyl (C=O) groups excluding carboxylic acids is 1. The van der Waals surface area contributed by atoms with E-state index < -0.39 is 0 Å². The van der Waals surface area contributed by atoms with Crippen molar-refractivity contribution in [3.05, 3.63) is 33.1 Å². The van der Waals surface area contributed by atoms with Gasteiger partial charge in [-0.3, -0.25) is 9.48 Å². The van der Waals surface area contributed by atoms with Crippen molar-refractivity contribution in [2.24, 2.45) is 7.05 Å². The van der Waals surface area contributed by atoms with Crippen molar-refractivity contribution in [1.82, 2.24) is 9.78 Å². The Morgan fingerprint density at radius 3 is 2.81 bits per heavy atom. The summed E-state index contributed by atoms with van der Waals surface area (Å²) in [5.74, 6) is 0.506. The molecule has 0 aliphatic rings. The average Bonchev–Trinajstić information content (AvgIpc) is 2.74. The first-order chi connectivity index (χ1) is 7.56. The molecule has 2 aromatic rings. The van der Waals surface area contributed by atoms with E-state index >= 15 is 0 Å². The maximum atomic E-state index is 11.8. The van der Waals surface area contributed by atoms with Crippen molar-refractivity contribution in [2.45, 2.75) is 6.92 Å². The molecule has 0 spiro atoms. The largest absolute Gasteiger partial charge is 0.306 e. The van der Waals surface area contributed by atoms with Gasteiger partial charge in [0.2, 0.25) is 0 Å². The first-order valence-corrected chi connectivity index (χ1v) is 5.83. The molecular weight excluding hydrogens is 246 g/mol. The third-order valence-corrected chi connectivity index (χ3v) is 3.27. The number of aryl methyl sites for hydroxylation is 2. The van der Waals surface area contributed by atoms with Crippen molar-refractivity contribution in [1.29, 1.82) is 0 Å². The number of thiophene rings is 1. The first-order valence-electron chi connectivity index (χ1n) is 4.63. The third-order valence-electron chi connectivity index (χ3n) is 2.04. The van der Waals surface area contributed by atoms with Gasteiger partial charge in [0.25, 0.3) is 5.91 Å². The van der Waals surface area contributed by atoms with Gasteiger partial charge in [-0.2, -0.15) is 5.10 Å². The Kier molecular flexibility index (Phi) is 2.98. The Hall–Kier alpha value is -1.33. The Balaban J connectivity index is 2.16. The smallest absolute Gasteiger partial charge is 0.266 e. The van der Waals surface area contributed by atoms with E-state index in [0.717, 1.165) is 5.69 Å². The number of aromatic nitrogens is 2. The number of halogens is 1. The number of rotatable bonds is 2. The van der Waals surface area contributed by atoms with Gasteiger partial charge in [0.05, 0.1) is 14.9 Å². The van der Waals surface area contributed by atoms with Crippen LogP contribution in [0.3, 0.4) is 0 Å². The van der Waals surface area contributed by atoms with Crippen LogP contribution in [-0.2, 0) is 7.05 Å². The second kappa shape index (κ2) is 4.27. The van der Waals surface area contributed by atoms with Gasteiger partial charge in [-0.15, -0.1) is 11.3 Å². The molecule has 84 valence electrons. The van der Waals surface area contributed by atoms with E-state index in [2.05, 4.69) is 10.4 Å². The molecule has 0 saturated heterocycles. The van der Waals surface area contributed by atoms with Gasteiger partial charge in [-0.25, -0.2) is 0 Å². The quantitative estimate of drug-likeness (QED) is 0.897. The fourth-order valence-electron chi connectivity index (χ4n) is 1.34. The second-order valence-corrected chi connectivity index (χ2v) is 5.07. The van der Waals surface area contributed by atoms with Crippen LogP contribution in [0.2, 0.25) is 4.34 Å². The highest BCUT2D eigenvalue weighted by Gasteiger charge is 2.11. The van der Waals surface area contributed by atoms with Crippen LogP contribution in [0.4, 0.5) is 5.82 Å². The van der Waals surface area contributed by atoms with E-state index in [-0.39, 0.29) is 5.91 Å². The highest BCUT2D eigenvalue weighted by molar-refractivity contribution is 7.18. The van der Waals surface area contributed by atoms with Gasteiger partial charge in [-0.1, -0.05) is 11.6 Å². The molecule has 0 unspecified atom stereocenters. The molecule has 0 saturated carbocycles. The molecule has 16 heavy (non-hydrogen) atoms. The molecule has 6 heteroatoms. The molecule has 0 bridgehead atoms. The van der Waals surface area contributed by atoms with Gasteiger partial charge >= 0.3 is 0 Å². The van der Waals surface area contributed by atoms with Crippen molar-refractivity contribution in [3.8, 4) is 0 Å². The molecule has 1 N–H and O–H groups in total. The predicted molar refractivity (Wildman–Crippen MR) is 65.2 cm³/mol. The molecule has 2 heterocycles. The first kappa shape index (κ1) is 11.2. The molecule has 0 aliphatic carbocycles. The summed E-state index contributed by atoms with van der Waals surface area (Å²) in [6, 6.07) is 5.22. The molecule has 2 aromatic heterocycles. The van der Waals surface area contributed by atoms with Crippen LogP contribution in [0.15, 0.2) is 18.2 Å². The summed E-state index contributed by atoms with van der Waals surface area (Å²) in [4.78, 5) is 12.4. The van der Waals surface area contributed by atoms with Crippen LogP contribution in [0.5, 0.6) is 0 Å². The second-order valence-electron chi connectivity index (χ2n) is 3.35. The third kappa shape index (κ3) is 2.25. The van der Waals surface area contributed by atoms with Gasteiger partial charge < -0.3 is 5.32 Å². The summed E-state index contributed by atoms with van der Waals surface area (Å²) in [7, 11) is 1.78. The Labute approximate surface area is 102 Å². The van der Waals surface area contributed by atoms with E-state index in [1.165, 1.54) is 11.3 Å². The molecule has 1 amide bonds. The maximum absolute atomic E-state index is 11.8. The van der Waals surface area contributed by atoms with Crippen molar-refractivity contribution in [3.63, 3.8) is 0 Å². The number of hydrogen-bond acceptors (Lipinski definition) is 3. The minimum atomic E-state index is -0.167. The van der Waals surface area contributed by atoms with Gasteiger partial charge in [0.15, 0.2) is 0 Å². The minimum absolute atomic E-state index is 0.167. The van der Waals surface area contributed by atoms with E-state index in [1.807, 2.05) is 13.0 Å². The van der Waals surface area contributed by atoms with E-state index in [4.69, 9.17) is 11.6 Å². The lowest BCUT2D eigenvalue weighted by Gasteiger charge is -2.02. The predicted octanol–water partition coefficient (Wildman–Crippen LogP) is 2.70. The Morgan fingerprint density at radius 1 is 1.56 bits per heavy atom. The summed E-state index contributed by atoms with van der Waals surface area (Å²) in [5, 5.41) is 6.92. The van der Waals surface area contributed by atoms with Crippen molar-refractivity contribution < 1.29 is 4.79 Å². The van der Waals surface area contributed by atoms with Gasteiger partial charge in [-0.05, 0) is 19.1 Å². The lowest BCUT2D eigenvalue weighted by atomic mass is 10.4. The van der Waals surface area contributed by atoms with Crippen molar-refractivity contribution in [2.75, 3.05) is 5.32 Å². The molecule has 0 aliphatic heterocycles. The van der Waals surface area contributed by atoms with Crippen molar-refractivity contribution >= 4 is 34.7 Å². The summed E-state index contributed by atoms with van der Waals surface area (Å²) in [5.41, 5.74) is 0.863.